The molecule has 0 bridgehead atoms. The van der Waals surface area contributed by atoms with Crippen LogP contribution in [0.4, 0.5) is 0 Å². The maximum absolute atomic E-state index is 5.88. The number of ether oxygens (including phenoxy) is 1. The van der Waals surface area contributed by atoms with Crippen molar-refractivity contribution in [2.24, 2.45) is 0 Å². The highest BCUT2D eigenvalue weighted by Gasteiger charge is 2.20. The van der Waals surface area contributed by atoms with Gasteiger partial charge in [0, 0.05) is 6.54 Å². The lowest BCUT2D eigenvalue weighted by Gasteiger charge is -2.26. The smallest absolute Gasteiger partial charge is 0.188 e. The van der Waals surface area contributed by atoms with Crippen molar-refractivity contribution in [1.29, 1.82) is 0 Å². The third-order valence-corrected chi connectivity index (χ3v) is 3.76. The van der Waals surface area contributed by atoms with E-state index in [1.165, 1.54) is 11.1 Å². The summed E-state index contributed by atoms with van der Waals surface area (Å²) in [6.45, 7) is 8.29. The standard InChI is InChI=1S/C16H23N5O/c1-16(2,3)21-19-15(18-20-21)11-17-10-14-13-7-5-4-6-12(13)8-9-22-14/h4-7,14,17H,8-11H2,1-3H3. The molecule has 1 atom stereocenters. The van der Waals surface area contributed by atoms with Crippen LogP contribution in [0, 0.1) is 0 Å². The highest BCUT2D eigenvalue weighted by atomic mass is 16.5. The predicted molar refractivity (Wildman–Crippen MR) is 83.4 cm³/mol. The van der Waals surface area contributed by atoms with Crippen LogP contribution < -0.4 is 5.32 Å². The number of benzene rings is 1. The van der Waals surface area contributed by atoms with Gasteiger partial charge in [0.1, 0.15) is 0 Å². The first-order valence-electron chi connectivity index (χ1n) is 7.73. The average Bonchev–Trinajstić information content (AvgIpc) is 2.97. The number of fused-ring (bicyclic) bond motifs is 1. The zero-order valence-corrected chi connectivity index (χ0v) is 13.4. The molecule has 3 rings (SSSR count). The van der Waals surface area contributed by atoms with E-state index in [1.807, 2.05) is 0 Å². The topological polar surface area (TPSA) is 64.9 Å². The van der Waals surface area contributed by atoms with E-state index in [0.29, 0.717) is 12.4 Å². The molecule has 1 N–H and O–H groups in total. The van der Waals surface area contributed by atoms with E-state index in [1.54, 1.807) is 4.80 Å². The van der Waals surface area contributed by atoms with Crippen molar-refractivity contribution in [3.63, 3.8) is 0 Å². The summed E-state index contributed by atoms with van der Waals surface area (Å²) in [5.41, 5.74) is 2.53. The largest absolute Gasteiger partial charge is 0.372 e. The summed E-state index contributed by atoms with van der Waals surface area (Å²) in [6, 6.07) is 8.48. The number of nitrogens with one attached hydrogen (secondary N) is 1. The van der Waals surface area contributed by atoms with E-state index in [2.05, 4.69) is 65.8 Å². The van der Waals surface area contributed by atoms with Gasteiger partial charge in [-0.25, -0.2) is 0 Å². The quantitative estimate of drug-likeness (QED) is 0.933. The van der Waals surface area contributed by atoms with E-state index in [4.69, 9.17) is 4.74 Å². The van der Waals surface area contributed by atoms with E-state index < -0.39 is 0 Å². The van der Waals surface area contributed by atoms with Crippen molar-refractivity contribution in [3.05, 3.63) is 41.2 Å². The first-order valence-corrected chi connectivity index (χ1v) is 7.73. The van der Waals surface area contributed by atoms with Crippen molar-refractivity contribution >= 4 is 0 Å². The van der Waals surface area contributed by atoms with Crippen molar-refractivity contribution in [3.8, 4) is 0 Å². The molecule has 0 amide bonds. The Morgan fingerprint density at radius 2 is 2.14 bits per heavy atom. The van der Waals surface area contributed by atoms with Crippen LogP contribution in [-0.4, -0.2) is 33.4 Å². The van der Waals surface area contributed by atoms with Gasteiger partial charge in [-0.05, 0) is 43.5 Å². The van der Waals surface area contributed by atoms with Gasteiger partial charge < -0.3 is 10.1 Å². The van der Waals surface area contributed by atoms with Crippen LogP contribution >= 0.6 is 0 Å². The molecule has 0 fully saturated rings. The Balaban J connectivity index is 1.57. The third kappa shape index (κ3) is 3.34. The van der Waals surface area contributed by atoms with Crippen LogP contribution in [0.5, 0.6) is 0 Å². The molecular weight excluding hydrogens is 278 g/mol. The molecule has 0 saturated carbocycles. The lowest BCUT2D eigenvalue weighted by atomic mass is 9.97. The van der Waals surface area contributed by atoms with Crippen molar-refractivity contribution in [2.75, 3.05) is 13.2 Å². The Kier molecular flexibility index (Phi) is 4.22. The minimum atomic E-state index is -0.142. The highest BCUT2D eigenvalue weighted by molar-refractivity contribution is 5.31. The molecule has 1 aromatic heterocycles. The van der Waals surface area contributed by atoms with Gasteiger partial charge in [-0.2, -0.15) is 4.80 Å². The van der Waals surface area contributed by atoms with Crippen LogP contribution in [0.2, 0.25) is 0 Å². The molecule has 0 spiro atoms. The Labute approximate surface area is 130 Å². The Morgan fingerprint density at radius 3 is 2.91 bits per heavy atom. The maximum atomic E-state index is 5.88. The van der Waals surface area contributed by atoms with Gasteiger partial charge >= 0.3 is 0 Å². The van der Waals surface area contributed by atoms with Crippen molar-refractivity contribution in [2.45, 2.75) is 45.4 Å². The molecule has 22 heavy (non-hydrogen) atoms. The van der Waals surface area contributed by atoms with E-state index in [0.717, 1.165) is 19.6 Å². The van der Waals surface area contributed by atoms with Gasteiger partial charge in [-0.3, -0.25) is 0 Å². The first kappa shape index (κ1) is 15.1. The molecule has 2 heterocycles. The lowest BCUT2D eigenvalue weighted by Crippen LogP contribution is -2.28. The fourth-order valence-electron chi connectivity index (χ4n) is 2.56. The van der Waals surface area contributed by atoms with Crippen LogP contribution in [0.1, 0.15) is 43.8 Å². The normalized spacial score (nSPS) is 18.2. The number of aromatic nitrogens is 4. The minimum Gasteiger partial charge on any atom is -0.372 e. The first-order chi connectivity index (χ1) is 10.5. The molecule has 0 aliphatic carbocycles. The van der Waals surface area contributed by atoms with Gasteiger partial charge in [0.25, 0.3) is 0 Å². The van der Waals surface area contributed by atoms with Gasteiger partial charge in [-0.1, -0.05) is 24.3 Å². The Bertz CT molecular complexity index is 631. The summed E-state index contributed by atoms with van der Waals surface area (Å²) in [4.78, 5) is 1.65. The molecule has 1 aliphatic rings. The summed E-state index contributed by atoms with van der Waals surface area (Å²) in [5.74, 6) is 0.707. The SMILES string of the molecule is CC(C)(C)n1nnc(CNCC2OCCc3ccccc32)n1. The molecule has 2 aromatic rings. The highest BCUT2D eigenvalue weighted by Crippen LogP contribution is 2.26. The minimum absolute atomic E-state index is 0.0996. The summed E-state index contributed by atoms with van der Waals surface area (Å²) < 4.78 is 5.88. The number of hydrogen-bond acceptors (Lipinski definition) is 5. The molecule has 6 nitrogen and oxygen atoms in total. The van der Waals surface area contributed by atoms with E-state index >= 15 is 0 Å². The molecule has 1 unspecified atom stereocenters. The number of hydrogen-bond donors (Lipinski definition) is 1. The second kappa shape index (κ2) is 6.14. The molecular formula is C16H23N5O. The van der Waals surface area contributed by atoms with Crippen molar-refractivity contribution < 1.29 is 4.74 Å². The zero-order chi connectivity index (χ0) is 15.6. The molecule has 1 aromatic carbocycles. The zero-order valence-electron chi connectivity index (χ0n) is 13.4. The van der Waals surface area contributed by atoms with Gasteiger partial charge in [0.2, 0.25) is 0 Å². The van der Waals surface area contributed by atoms with Gasteiger partial charge in [-0.15, -0.1) is 10.2 Å². The number of rotatable bonds is 4. The van der Waals surface area contributed by atoms with Gasteiger partial charge in [0.15, 0.2) is 5.82 Å². The fourth-order valence-corrected chi connectivity index (χ4v) is 2.56. The monoisotopic (exact) mass is 301 g/mol. The van der Waals surface area contributed by atoms with Crippen LogP contribution in [0.3, 0.4) is 0 Å². The summed E-state index contributed by atoms with van der Waals surface area (Å²) >= 11 is 0. The second-order valence-electron chi connectivity index (χ2n) is 6.61. The predicted octanol–water partition coefficient (Wildman–Crippen LogP) is 1.83. The molecule has 1 aliphatic heterocycles. The summed E-state index contributed by atoms with van der Waals surface area (Å²) in [7, 11) is 0. The molecule has 0 saturated heterocycles. The van der Waals surface area contributed by atoms with E-state index in [9.17, 15) is 0 Å². The maximum Gasteiger partial charge on any atom is 0.188 e. The molecule has 6 heteroatoms. The van der Waals surface area contributed by atoms with E-state index in [-0.39, 0.29) is 11.6 Å². The molecule has 118 valence electrons. The van der Waals surface area contributed by atoms with Gasteiger partial charge in [0.05, 0.1) is 24.8 Å². The lowest BCUT2D eigenvalue weighted by molar-refractivity contribution is 0.0422. The molecule has 0 radical (unpaired) electrons. The second-order valence-corrected chi connectivity index (χ2v) is 6.61. The summed E-state index contributed by atoms with van der Waals surface area (Å²) in [6.07, 6.45) is 1.09. The average molecular weight is 301 g/mol. The third-order valence-electron chi connectivity index (χ3n) is 3.76. The number of nitrogens with zero attached hydrogens (tertiary/aromatic N) is 4. The summed E-state index contributed by atoms with van der Waals surface area (Å²) in [5, 5.41) is 16.0. The van der Waals surface area contributed by atoms with Crippen molar-refractivity contribution in [1.82, 2.24) is 25.5 Å². The number of tetrazole rings is 1. The van der Waals surface area contributed by atoms with Crippen LogP contribution in [-0.2, 0) is 23.2 Å². The van der Waals surface area contributed by atoms with Crippen LogP contribution in [0.25, 0.3) is 0 Å². The van der Waals surface area contributed by atoms with Crippen LogP contribution in [0.15, 0.2) is 24.3 Å². The Hall–Kier alpha value is -1.79. The Morgan fingerprint density at radius 1 is 1.32 bits per heavy atom. The fraction of sp³-hybridized carbons (Fsp3) is 0.562.